The van der Waals surface area contributed by atoms with Crippen LogP contribution in [0.25, 0.3) is 0 Å². The first-order valence-corrected chi connectivity index (χ1v) is 7.93. The molecule has 1 aromatic carbocycles. The number of benzene rings is 1. The van der Waals surface area contributed by atoms with Crippen molar-refractivity contribution in [2.75, 3.05) is 13.7 Å². The van der Waals surface area contributed by atoms with Gasteiger partial charge in [-0.3, -0.25) is 4.79 Å². The Labute approximate surface area is 127 Å². The monoisotopic (exact) mass is 290 g/mol. The highest BCUT2D eigenvalue weighted by atomic mass is 16.5. The first-order valence-electron chi connectivity index (χ1n) is 7.93. The van der Waals surface area contributed by atoms with E-state index in [1.54, 1.807) is 0 Å². The third kappa shape index (κ3) is 4.46. The van der Waals surface area contributed by atoms with Gasteiger partial charge in [0.2, 0.25) is 0 Å². The van der Waals surface area contributed by atoms with Gasteiger partial charge in [0.1, 0.15) is 5.75 Å². The summed E-state index contributed by atoms with van der Waals surface area (Å²) < 4.78 is 5.74. The van der Waals surface area contributed by atoms with Crippen LogP contribution in [0.3, 0.4) is 0 Å². The second kappa shape index (κ2) is 8.03. The fourth-order valence-corrected chi connectivity index (χ4v) is 2.96. The quantitative estimate of drug-likeness (QED) is 0.812. The average molecular weight is 290 g/mol. The van der Waals surface area contributed by atoms with Gasteiger partial charge in [0.25, 0.3) is 5.91 Å². The van der Waals surface area contributed by atoms with Crippen molar-refractivity contribution in [2.24, 2.45) is 0 Å². The van der Waals surface area contributed by atoms with E-state index in [1.807, 2.05) is 25.2 Å². The van der Waals surface area contributed by atoms with Gasteiger partial charge in [-0.2, -0.15) is 0 Å². The Morgan fingerprint density at radius 3 is 2.71 bits per heavy atom. The van der Waals surface area contributed by atoms with Gasteiger partial charge in [0.05, 0.1) is 0 Å². The molecule has 4 nitrogen and oxygen atoms in total. The number of amides is 1. The zero-order chi connectivity index (χ0) is 15.1. The summed E-state index contributed by atoms with van der Waals surface area (Å²) in [4.78, 5) is 11.9. The summed E-state index contributed by atoms with van der Waals surface area (Å²) in [5, 5.41) is 6.32. The van der Waals surface area contributed by atoms with Crippen molar-refractivity contribution in [3.63, 3.8) is 0 Å². The third-order valence-electron chi connectivity index (χ3n) is 4.13. The molecule has 2 N–H and O–H groups in total. The van der Waals surface area contributed by atoms with Crippen LogP contribution in [0.4, 0.5) is 0 Å². The number of para-hydroxylation sites is 1. The van der Waals surface area contributed by atoms with Crippen molar-refractivity contribution in [3.05, 3.63) is 29.8 Å². The van der Waals surface area contributed by atoms with Crippen LogP contribution in [0.5, 0.6) is 5.75 Å². The van der Waals surface area contributed by atoms with Gasteiger partial charge in [-0.25, -0.2) is 0 Å². The van der Waals surface area contributed by atoms with Crippen molar-refractivity contribution in [1.29, 1.82) is 0 Å². The molecule has 0 saturated heterocycles. The number of rotatable bonds is 7. The van der Waals surface area contributed by atoms with E-state index in [0.29, 0.717) is 6.04 Å². The van der Waals surface area contributed by atoms with Gasteiger partial charge in [0.15, 0.2) is 6.61 Å². The second-order valence-electron chi connectivity index (χ2n) is 5.62. The van der Waals surface area contributed by atoms with E-state index in [1.165, 1.54) is 12.8 Å². The molecular formula is C17H26N2O2. The molecule has 116 valence electrons. The number of nitrogens with one attached hydrogen (secondary N) is 2. The lowest BCUT2D eigenvalue weighted by Gasteiger charge is -2.19. The highest BCUT2D eigenvalue weighted by Crippen LogP contribution is 2.26. The molecule has 1 amide bonds. The molecule has 1 atom stereocenters. The summed E-state index contributed by atoms with van der Waals surface area (Å²) in [5.41, 5.74) is 1.11. The summed E-state index contributed by atoms with van der Waals surface area (Å²) in [6, 6.07) is 8.51. The summed E-state index contributed by atoms with van der Waals surface area (Å²) in [6.45, 7) is 2.22. The van der Waals surface area contributed by atoms with Crippen molar-refractivity contribution in [1.82, 2.24) is 10.6 Å². The molecule has 21 heavy (non-hydrogen) atoms. The third-order valence-corrected chi connectivity index (χ3v) is 4.13. The predicted molar refractivity (Wildman–Crippen MR) is 84.4 cm³/mol. The maximum atomic E-state index is 11.9. The summed E-state index contributed by atoms with van der Waals surface area (Å²) in [7, 11) is 1.94. The van der Waals surface area contributed by atoms with Gasteiger partial charge in [-0.1, -0.05) is 38.0 Å². The lowest BCUT2D eigenvalue weighted by atomic mass is 10.0. The molecule has 1 aromatic rings. The number of carbonyl (C=O) groups is 1. The fraction of sp³-hybridized carbons (Fsp3) is 0.588. The molecule has 1 aliphatic rings. The van der Waals surface area contributed by atoms with Gasteiger partial charge in [-0.05, 0) is 32.4 Å². The van der Waals surface area contributed by atoms with Crippen LogP contribution in [0.15, 0.2) is 24.3 Å². The molecule has 1 unspecified atom stereocenters. The van der Waals surface area contributed by atoms with Crippen LogP contribution in [0.1, 0.15) is 50.6 Å². The minimum Gasteiger partial charge on any atom is -0.483 e. The molecule has 4 heteroatoms. The predicted octanol–water partition coefficient (Wildman–Crippen LogP) is 2.79. The SMILES string of the molecule is CCC(NC)c1ccccc1OCC(=O)NC1CCCC1. The van der Waals surface area contributed by atoms with Crippen LogP contribution in [0.2, 0.25) is 0 Å². The smallest absolute Gasteiger partial charge is 0.258 e. The standard InChI is InChI=1S/C17H26N2O2/c1-3-15(18-2)14-10-6-7-11-16(14)21-12-17(20)19-13-8-4-5-9-13/h6-7,10-11,13,15,18H,3-5,8-9,12H2,1-2H3,(H,19,20). The van der Waals surface area contributed by atoms with Crippen molar-refractivity contribution < 1.29 is 9.53 Å². The number of hydrogen-bond acceptors (Lipinski definition) is 3. The summed E-state index contributed by atoms with van der Waals surface area (Å²) >= 11 is 0. The Kier molecular flexibility index (Phi) is 6.05. The normalized spacial score (nSPS) is 16.7. The molecule has 0 radical (unpaired) electrons. The maximum absolute atomic E-state index is 11.9. The van der Waals surface area contributed by atoms with E-state index in [-0.39, 0.29) is 18.6 Å². The van der Waals surface area contributed by atoms with Gasteiger partial charge in [-0.15, -0.1) is 0 Å². The molecule has 0 aliphatic heterocycles. The van der Waals surface area contributed by atoms with E-state index < -0.39 is 0 Å². The van der Waals surface area contributed by atoms with E-state index in [0.717, 1.165) is 30.6 Å². The number of hydrogen-bond donors (Lipinski definition) is 2. The Morgan fingerprint density at radius 2 is 2.05 bits per heavy atom. The Balaban J connectivity index is 1.91. The van der Waals surface area contributed by atoms with Crippen LogP contribution in [0, 0.1) is 0 Å². The summed E-state index contributed by atoms with van der Waals surface area (Å²) in [6.07, 6.45) is 5.61. The van der Waals surface area contributed by atoms with Gasteiger partial charge >= 0.3 is 0 Å². The molecule has 1 fully saturated rings. The van der Waals surface area contributed by atoms with Gasteiger partial charge < -0.3 is 15.4 Å². The Hall–Kier alpha value is -1.55. The molecule has 0 heterocycles. The first-order chi connectivity index (χ1) is 10.2. The van der Waals surface area contributed by atoms with E-state index >= 15 is 0 Å². The molecule has 0 aromatic heterocycles. The molecule has 1 aliphatic carbocycles. The topological polar surface area (TPSA) is 50.4 Å². The van der Waals surface area contributed by atoms with Crippen molar-refractivity contribution in [2.45, 2.75) is 51.1 Å². The zero-order valence-corrected chi connectivity index (χ0v) is 13.0. The molecule has 2 rings (SSSR count). The Bertz CT molecular complexity index is 452. The lowest BCUT2D eigenvalue weighted by molar-refractivity contribution is -0.123. The average Bonchev–Trinajstić information content (AvgIpc) is 3.00. The first kappa shape index (κ1) is 15.8. The van der Waals surface area contributed by atoms with E-state index in [2.05, 4.69) is 23.6 Å². The lowest BCUT2D eigenvalue weighted by Crippen LogP contribution is -2.36. The molecule has 1 saturated carbocycles. The van der Waals surface area contributed by atoms with Crippen molar-refractivity contribution in [3.8, 4) is 5.75 Å². The highest BCUT2D eigenvalue weighted by Gasteiger charge is 2.18. The minimum absolute atomic E-state index is 0.0193. The van der Waals surface area contributed by atoms with E-state index in [9.17, 15) is 4.79 Å². The highest BCUT2D eigenvalue weighted by molar-refractivity contribution is 5.77. The Morgan fingerprint density at radius 1 is 1.33 bits per heavy atom. The van der Waals surface area contributed by atoms with Crippen LogP contribution in [-0.4, -0.2) is 25.6 Å². The fourth-order valence-electron chi connectivity index (χ4n) is 2.96. The minimum atomic E-state index is -0.0193. The van der Waals surface area contributed by atoms with E-state index in [4.69, 9.17) is 4.74 Å². The largest absolute Gasteiger partial charge is 0.483 e. The van der Waals surface area contributed by atoms with Crippen LogP contribution < -0.4 is 15.4 Å². The maximum Gasteiger partial charge on any atom is 0.258 e. The molecule has 0 spiro atoms. The zero-order valence-electron chi connectivity index (χ0n) is 13.0. The van der Waals surface area contributed by atoms with Crippen molar-refractivity contribution >= 4 is 5.91 Å². The van der Waals surface area contributed by atoms with Crippen LogP contribution in [-0.2, 0) is 4.79 Å². The van der Waals surface area contributed by atoms with Crippen LogP contribution >= 0.6 is 0 Å². The number of carbonyl (C=O) groups excluding carboxylic acids is 1. The van der Waals surface area contributed by atoms with Gasteiger partial charge in [0, 0.05) is 17.6 Å². The summed E-state index contributed by atoms with van der Waals surface area (Å²) in [5.74, 6) is 0.773. The molecular weight excluding hydrogens is 264 g/mol. The number of ether oxygens (including phenoxy) is 1. The second-order valence-corrected chi connectivity index (χ2v) is 5.62. The molecule has 0 bridgehead atoms.